The number of carbonyl (C=O) groups is 3. The minimum atomic E-state index is -1.09. The molecule has 1 aromatic rings. The summed E-state index contributed by atoms with van der Waals surface area (Å²) >= 11 is 0. The fraction of sp³-hybridized carbons (Fsp3) is 0.654. The number of likely N-dealkylation sites (tertiary alicyclic amines) is 1. The second-order valence-corrected chi connectivity index (χ2v) is 10.6. The highest BCUT2D eigenvalue weighted by atomic mass is 19.1. The maximum Gasteiger partial charge on any atom is 0.410 e. The van der Waals surface area contributed by atoms with Gasteiger partial charge in [-0.25, -0.2) is 9.18 Å². The van der Waals surface area contributed by atoms with Gasteiger partial charge in [-0.2, -0.15) is 0 Å². The standard InChI is InChI=1S/C26H37FN2O7/c1-16-11-20(27)21(13-22(16)35-10-6-9-34-5)29(19-7-8-19)23(30)17-12-18(24(31)32)15-28(14-17)25(33)36-26(2,3)4/h11,13,17-19H,6-10,12,14-15H2,1-5H3,(H,31,32)/t17-,18+/m1/s1. The normalized spacial score (nSPS) is 20.1. The molecule has 1 heterocycles. The molecule has 2 fully saturated rings. The van der Waals surface area contributed by atoms with Crippen LogP contribution in [-0.2, 0) is 19.1 Å². The van der Waals surface area contributed by atoms with Crippen LogP contribution in [0.25, 0.3) is 0 Å². The van der Waals surface area contributed by atoms with E-state index in [0.717, 1.165) is 0 Å². The van der Waals surface area contributed by atoms with Crippen LogP contribution in [-0.4, -0.2) is 73.0 Å². The van der Waals surface area contributed by atoms with E-state index in [1.165, 1.54) is 21.9 Å². The number of ether oxygens (including phenoxy) is 3. The molecule has 0 bridgehead atoms. The van der Waals surface area contributed by atoms with Gasteiger partial charge in [-0.15, -0.1) is 0 Å². The van der Waals surface area contributed by atoms with E-state index in [1.807, 2.05) is 0 Å². The van der Waals surface area contributed by atoms with Gasteiger partial charge in [-0.3, -0.25) is 9.59 Å². The van der Waals surface area contributed by atoms with Crippen molar-refractivity contribution in [3.05, 3.63) is 23.5 Å². The smallest absolute Gasteiger partial charge is 0.410 e. The van der Waals surface area contributed by atoms with Gasteiger partial charge < -0.3 is 29.1 Å². The fourth-order valence-electron chi connectivity index (χ4n) is 4.32. The van der Waals surface area contributed by atoms with Gasteiger partial charge in [0.15, 0.2) is 0 Å². The molecule has 0 aromatic heterocycles. The molecular formula is C26H37FN2O7. The molecule has 2 atom stereocenters. The first kappa shape index (κ1) is 27.7. The molecule has 0 radical (unpaired) electrons. The van der Waals surface area contributed by atoms with Crippen LogP contribution < -0.4 is 9.64 Å². The minimum absolute atomic E-state index is 0.00853. The van der Waals surface area contributed by atoms with E-state index in [-0.39, 0.29) is 31.2 Å². The SMILES string of the molecule is COCCCOc1cc(N(C(=O)[C@@H]2C[C@H](C(=O)O)CN(C(=O)OC(C)(C)C)C2)C2CC2)c(F)cc1C. The number of piperidine rings is 1. The van der Waals surface area contributed by atoms with Crippen molar-refractivity contribution in [1.82, 2.24) is 4.90 Å². The fourth-order valence-corrected chi connectivity index (χ4v) is 4.32. The van der Waals surface area contributed by atoms with Crippen LogP contribution in [0, 0.1) is 24.6 Å². The molecule has 0 spiro atoms. The summed E-state index contributed by atoms with van der Waals surface area (Å²) in [5.41, 5.74) is -0.0509. The van der Waals surface area contributed by atoms with Crippen molar-refractivity contribution in [1.29, 1.82) is 0 Å². The Hall–Kier alpha value is -2.88. The van der Waals surface area contributed by atoms with Crippen LogP contribution in [0.1, 0.15) is 52.0 Å². The second kappa shape index (κ2) is 11.5. The minimum Gasteiger partial charge on any atom is -0.493 e. The number of benzene rings is 1. The molecule has 3 rings (SSSR count). The van der Waals surface area contributed by atoms with Gasteiger partial charge in [0.2, 0.25) is 5.91 Å². The third-order valence-electron chi connectivity index (χ3n) is 6.20. The van der Waals surface area contributed by atoms with Gasteiger partial charge in [-0.1, -0.05) is 0 Å². The Morgan fingerprint density at radius 1 is 1.14 bits per heavy atom. The second-order valence-electron chi connectivity index (χ2n) is 10.6. The van der Waals surface area contributed by atoms with E-state index in [1.54, 1.807) is 34.8 Å². The van der Waals surface area contributed by atoms with Crippen LogP contribution in [0.2, 0.25) is 0 Å². The first-order valence-corrected chi connectivity index (χ1v) is 12.4. The summed E-state index contributed by atoms with van der Waals surface area (Å²) in [5, 5.41) is 9.69. The first-order chi connectivity index (χ1) is 16.9. The number of nitrogens with zero attached hydrogens (tertiary/aromatic N) is 2. The number of hydrogen-bond donors (Lipinski definition) is 1. The zero-order valence-corrected chi connectivity index (χ0v) is 21.7. The summed E-state index contributed by atoms with van der Waals surface area (Å²) in [4.78, 5) is 41.1. The van der Waals surface area contributed by atoms with Crippen molar-refractivity contribution in [2.45, 2.75) is 65.0 Å². The lowest BCUT2D eigenvalue weighted by Crippen LogP contribution is -2.52. The van der Waals surface area contributed by atoms with Crippen LogP contribution in [0.3, 0.4) is 0 Å². The lowest BCUT2D eigenvalue weighted by atomic mass is 9.88. The zero-order valence-electron chi connectivity index (χ0n) is 21.7. The van der Waals surface area contributed by atoms with Crippen molar-refractivity contribution in [3.8, 4) is 5.75 Å². The topological polar surface area (TPSA) is 106 Å². The monoisotopic (exact) mass is 508 g/mol. The van der Waals surface area contributed by atoms with Gasteiger partial charge in [0.25, 0.3) is 0 Å². The Bertz CT molecular complexity index is 974. The summed E-state index contributed by atoms with van der Waals surface area (Å²) in [6.07, 6.45) is 1.48. The number of methoxy groups -OCH3 is 1. The predicted molar refractivity (Wildman–Crippen MR) is 131 cm³/mol. The Labute approximate surface area is 211 Å². The number of hydrogen-bond acceptors (Lipinski definition) is 6. The van der Waals surface area contributed by atoms with Gasteiger partial charge in [-0.05, 0) is 58.6 Å². The Morgan fingerprint density at radius 2 is 1.81 bits per heavy atom. The molecule has 2 aliphatic rings. The van der Waals surface area contributed by atoms with Crippen LogP contribution in [0.5, 0.6) is 5.75 Å². The summed E-state index contributed by atoms with van der Waals surface area (Å²) < 4.78 is 31.5. The lowest BCUT2D eigenvalue weighted by molar-refractivity contribution is -0.144. The summed E-state index contributed by atoms with van der Waals surface area (Å²) in [7, 11) is 1.60. The molecule has 1 aliphatic carbocycles. The lowest BCUT2D eigenvalue weighted by Gasteiger charge is -2.38. The van der Waals surface area contributed by atoms with Crippen LogP contribution >= 0.6 is 0 Å². The Morgan fingerprint density at radius 3 is 2.39 bits per heavy atom. The molecule has 1 saturated carbocycles. The molecule has 36 heavy (non-hydrogen) atoms. The highest BCUT2D eigenvalue weighted by Crippen LogP contribution is 2.39. The van der Waals surface area contributed by atoms with E-state index >= 15 is 4.39 Å². The van der Waals surface area contributed by atoms with Gasteiger partial charge >= 0.3 is 12.1 Å². The summed E-state index contributed by atoms with van der Waals surface area (Å²) in [5.74, 6) is -3.30. The third kappa shape index (κ3) is 7.09. The van der Waals surface area contributed by atoms with E-state index in [9.17, 15) is 19.5 Å². The number of anilines is 1. The van der Waals surface area contributed by atoms with Crippen molar-refractivity contribution in [3.63, 3.8) is 0 Å². The molecule has 9 nitrogen and oxygen atoms in total. The molecule has 10 heteroatoms. The van der Waals surface area contributed by atoms with Gasteiger partial charge in [0.05, 0.1) is 24.1 Å². The van der Waals surface area contributed by atoms with Crippen molar-refractivity contribution < 1.29 is 38.1 Å². The molecule has 1 N–H and O–H groups in total. The van der Waals surface area contributed by atoms with E-state index in [0.29, 0.717) is 43.8 Å². The number of amides is 2. The molecule has 200 valence electrons. The summed E-state index contributed by atoms with van der Waals surface area (Å²) in [6, 6.07) is 2.70. The number of halogens is 1. The molecule has 1 aliphatic heterocycles. The van der Waals surface area contributed by atoms with Crippen LogP contribution in [0.4, 0.5) is 14.9 Å². The first-order valence-electron chi connectivity index (χ1n) is 12.4. The van der Waals surface area contributed by atoms with E-state index < -0.39 is 41.2 Å². The number of carbonyl (C=O) groups excluding carboxylic acids is 2. The van der Waals surface area contributed by atoms with Crippen LogP contribution in [0.15, 0.2) is 12.1 Å². The number of aliphatic carboxylic acids is 1. The molecule has 0 unspecified atom stereocenters. The maximum absolute atomic E-state index is 15.2. The zero-order chi connectivity index (χ0) is 26.6. The third-order valence-corrected chi connectivity index (χ3v) is 6.20. The maximum atomic E-state index is 15.2. The highest BCUT2D eigenvalue weighted by molar-refractivity contribution is 5.97. The molecule has 1 saturated heterocycles. The van der Waals surface area contributed by atoms with Gasteiger partial charge in [0, 0.05) is 45.3 Å². The van der Waals surface area contributed by atoms with Crippen molar-refractivity contribution >= 4 is 23.7 Å². The van der Waals surface area contributed by atoms with E-state index in [2.05, 4.69) is 0 Å². The van der Waals surface area contributed by atoms with Crippen molar-refractivity contribution in [2.24, 2.45) is 11.8 Å². The quantitative estimate of drug-likeness (QED) is 0.503. The van der Waals surface area contributed by atoms with Gasteiger partial charge in [0.1, 0.15) is 17.2 Å². The van der Waals surface area contributed by atoms with Crippen molar-refractivity contribution in [2.75, 3.05) is 38.3 Å². The average molecular weight is 509 g/mol. The summed E-state index contributed by atoms with van der Waals surface area (Å²) in [6.45, 7) is 7.76. The molecule has 1 aromatic carbocycles. The Kier molecular flexibility index (Phi) is 8.81. The van der Waals surface area contributed by atoms with E-state index in [4.69, 9.17) is 14.2 Å². The number of rotatable bonds is 9. The number of carboxylic acids is 1. The predicted octanol–water partition coefficient (Wildman–Crippen LogP) is 4.00. The average Bonchev–Trinajstić information content (AvgIpc) is 3.62. The number of carboxylic acid groups (broad SMARTS) is 1. The molecular weight excluding hydrogens is 471 g/mol. The molecule has 2 amide bonds. The number of aryl methyl sites for hydroxylation is 1. The largest absolute Gasteiger partial charge is 0.493 e. The highest BCUT2D eigenvalue weighted by Gasteiger charge is 2.44. The Balaban J connectivity index is 1.86.